The van der Waals surface area contributed by atoms with Crippen LogP contribution in [0.4, 0.5) is 0 Å². The third kappa shape index (κ3) is 1.81. The van der Waals surface area contributed by atoms with Gasteiger partial charge in [-0.15, -0.1) is 0 Å². The van der Waals surface area contributed by atoms with Crippen molar-refractivity contribution in [3.8, 4) is 0 Å². The second-order valence-electron chi connectivity index (χ2n) is 6.39. The molecule has 2 unspecified atom stereocenters. The Kier molecular flexibility index (Phi) is 3.36. The standard InChI is InChI=1S/C15H28O/c1-5-7-8-13-15(6-2)10-9-12(3)14(4,11-15)16-13/h12-13H,5-11H2,1-4H3/t12-,13?,14?,15+/m0/s1. The largest absolute Gasteiger partial charge is 0.371 e. The summed E-state index contributed by atoms with van der Waals surface area (Å²) in [5.41, 5.74) is 0.711. The molecule has 0 aromatic heterocycles. The fourth-order valence-electron chi connectivity index (χ4n) is 3.94. The van der Waals surface area contributed by atoms with Crippen LogP contribution in [0.5, 0.6) is 0 Å². The molecule has 1 heteroatoms. The van der Waals surface area contributed by atoms with Gasteiger partial charge in [0.25, 0.3) is 0 Å². The molecule has 1 heterocycles. The fourth-order valence-corrected chi connectivity index (χ4v) is 3.94. The van der Waals surface area contributed by atoms with Crippen molar-refractivity contribution in [3.63, 3.8) is 0 Å². The Morgan fingerprint density at radius 2 is 2.06 bits per heavy atom. The predicted molar refractivity (Wildman–Crippen MR) is 68.5 cm³/mol. The Hall–Kier alpha value is -0.0400. The van der Waals surface area contributed by atoms with E-state index in [1.165, 1.54) is 44.9 Å². The van der Waals surface area contributed by atoms with Crippen LogP contribution in [-0.4, -0.2) is 11.7 Å². The highest BCUT2D eigenvalue weighted by Crippen LogP contribution is 2.58. The van der Waals surface area contributed by atoms with E-state index in [0.717, 1.165) is 5.92 Å². The molecule has 94 valence electrons. The van der Waals surface area contributed by atoms with Gasteiger partial charge in [-0.05, 0) is 50.4 Å². The molecular formula is C15H28O. The van der Waals surface area contributed by atoms with Gasteiger partial charge in [-0.2, -0.15) is 0 Å². The maximum absolute atomic E-state index is 6.48. The van der Waals surface area contributed by atoms with Gasteiger partial charge in [0.1, 0.15) is 0 Å². The third-order valence-electron chi connectivity index (χ3n) is 5.44. The number of hydrogen-bond acceptors (Lipinski definition) is 1. The second kappa shape index (κ2) is 4.33. The average molecular weight is 224 g/mol. The zero-order chi connectivity index (χ0) is 11.8. The van der Waals surface area contributed by atoms with Crippen LogP contribution in [0.2, 0.25) is 0 Å². The molecule has 0 amide bonds. The zero-order valence-corrected chi connectivity index (χ0v) is 11.5. The van der Waals surface area contributed by atoms with Crippen LogP contribution in [0, 0.1) is 11.3 Å². The minimum absolute atomic E-state index is 0.187. The van der Waals surface area contributed by atoms with Crippen LogP contribution in [0.25, 0.3) is 0 Å². The van der Waals surface area contributed by atoms with Gasteiger partial charge in [-0.1, -0.05) is 33.6 Å². The van der Waals surface area contributed by atoms with Gasteiger partial charge in [-0.25, -0.2) is 0 Å². The lowest BCUT2D eigenvalue weighted by molar-refractivity contribution is -0.0643. The summed E-state index contributed by atoms with van der Waals surface area (Å²) in [6, 6.07) is 0. The van der Waals surface area contributed by atoms with E-state index in [1.807, 2.05) is 0 Å². The lowest BCUT2D eigenvalue weighted by Gasteiger charge is -2.40. The van der Waals surface area contributed by atoms with Crippen molar-refractivity contribution >= 4 is 0 Å². The smallest absolute Gasteiger partial charge is 0.0690 e. The average Bonchev–Trinajstić information content (AvgIpc) is 2.53. The third-order valence-corrected chi connectivity index (χ3v) is 5.44. The first-order valence-electron chi connectivity index (χ1n) is 7.24. The quantitative estimate of drug-likeness (QED) is 0.680. The monoisotopic (exact) mass is 224 g/mol. The summed E-state index contributed by atoms with van der Waals surface area (Å²) in [4.78, 5) is 0. The van der Waals surface area contributed by atoms with Crippen LogP contribution >= 0.6 is 0 Å². The molecule has 2 rings (SSSR count). The SMILES string of the molecule is CCCCC1OC2(C)C[C@@]1(CC)CC[C@@H]2C. The zero-order valence-electron chi connectivity index (χ0n) is 11.5. The summed E-state index contributed by atoms with van der Waals surface area (Å²) in [6.45, 7) is 9.38. The normalized spacial score (nSPS) is 47.2. The first kappa shape index (κ1) is 12.4. The van der Waals surface area contributed by atoms with Crippen LogP contribution in [-0.2, 0) is 4.74 Å². The highest BCUT2D eigenvalue weighted by atomic mass is 16.5. The van der Waals surface area contributed by atoms with E-state index in [2.05, 4.69) is 27.7 Å². The molecule has 1 aliphatic carbocycles. The van der Waals surface area contributed by atoms with Gasteiger partial charge < -0.3 is 4.74 Å². The molecule has 16 heavy (non-hydrogen) atoms. The molecule has 1 saturated carbocycles. The van der Waals surface area contributed by atoms with Crippen LogP contribution < -0.4 is 0 Å². The second-order valence-corrected chi connectivity index (χ2v) is 6.39. The molecule has 2 aliphatic rings. The van der Waals surface area contributed by atoms with Gasteiger partial charge in [0.15, 0.2) is 0 Å². The van der Waals surface area contributed by atoms with E-state index in [-0.39, 0.29) is 5.60 Å². The fraction of sp³-hybridized carbons (Fsp3) is 1.00. The highest BCUT2D eigenvalue weighted by molar-refractivity contribution is 5.06. The molecular weight excluding hydrogens is 196 g/mol. The van der Waals surface area contributed by atoms with Gasteiger partial charge in [0, 0.05) is 0 Å². The Balaban J connectivity index is 2.14. The number of rotatable bonds is 4. The first-order valence-corrected chi connectivity index (χ1v) is 7.24. The molecule has 0 N–H and O–H groups in total. The van der Waals surface area contributed by atoms with Crippen molar-refractivity contribution < 1.29 is 4.74 Å². The van der Waals surface area contributed by atoms with Crippen LogP contribution in [0.15, 0.2) is 0 Å². The summed E-state index contributed by atoms with van der Waals surface area (Å²) < 4.78 is 6.48. The molecule has 1 nitrogen and oxygen atoms in total. The lowest BCUT2D eigenvalue weighted by Crippen LogP contribution is -2.38. The maximum Gasteiger partial charge on any atom is 0.0690 e. The lowest BCUT2D eigenvalue weighted by atomic mass is 9.63. The summed E-state index contributed by atoms with van der Waals surface area (Å²) >= 11 is 0. The molecule has 0 aromatic carbocycles. The van der Waals surface area contributed by atoms with E-state index >= 15 is 0 Å². The van der Waals surface area contributed by atoms with Gasteiger partial charge >= 0.3 is 0 Å². The van der Waals surface area contributed by atoms with Crippen molar-refractivity contribution in [1.29, 1.82) is 0 Å². The van der Waals surface area contributed by atoms with E-state index < -0.39 is 0 Å². The molecule has 0 aromatic rings. The molecule has 0 spiro atoms. The van der Waals surface area contributed by atoms with Gasteiger partial charge in [-0.3, -0.25) is 0 Å². The van der Waals surface area contributed by atoms with E-state index in [0.29, 0.717) is 11.5 Å². The Morgan fingerprint density at radius 1 is 1.31 bits per heavy atom. The Bertz CT molecular complexity index is 250. The van der Waals surface area contributed by atoms with Crippen molar-refractivity contribution in [2.45, 2.75) is 84.3 Å². The summed E-state index contributed by atoms with van der Waals surface area (Å²) in [5, 5.41) is 0. The molecule has 4 atom stereocenters. The van der Waals surface area contributed by atoms with E-state index in [4.69, 9.17) is 4.74 Å². The van der Waals surface area contributed by atoms with Crippen molar-refractivity contribution in [2.24, 2.45) is 11.3 Å². The number of fused-ring (bicyclic) bond motifs is 2. The highest BCUT2D eigenvalue weighted by Gasteiger charge is 2.57. The molecule has 0 radical (unpaired) electrons. The van der Waals surface area contributed by atoms with Crippen LogP contribution in [0.3, 0.4) is 0 Å². The van der Waals surface area contributed by atoms with Crippen molar-refractivity contribution in [2.75, 3.05) is 0 Å². The van der Waals surface area contributed by atoms with E-state index in [1.54, 1.807) is 0 Å². The molecule has 2 fully saturated rings. The van der Waals surface area contributed by atoms with Crippen molar-refractivity contribution in [3.05, 3.63) is 0 Å². The Morgan fingerprint density at radius 3 is 2.69 bits per heavy atom. The molecule has 2 bridgehead atoms. The van der Waals surface area contributed by atoms with Crippen molar-refractivity contribution in [1.82, 2.24) is 0 Å². The number of hydrogen-bond donors (Lipinski definition) is 0. The number of ether oxygens (including phenoxy) is 1. The summed E-state index contributed by atoms with van der Waals surface area (Å²) in [6.07, 6.45) is 9.85. The molecule has 1 aliphatic heterocycles. The summed E-state index contributed by atoms with van der Waals surface area (Å²) in [5.74, 6) is 0.749. The number of unbranched alkanes of at least 4 members (excludes halogenated alkanes) is 1. The van der Waals surface area contributed by atoms with E-state index in [9.17, 15) is 0 Å². The Labute approximate surface area is 101 Å². The molecule has 1 saturated heterocycles. The van der Waals surface area contributed by atoms with Gasteiger partial charge in [0.05, 0.1) is 11.7 Å². The minimum Gasteiger partial charge on any atom is -0.371 e. The first-order chi connectivity index (χ1) is 7.56. The van der Waals surface area contributed by atoms with Crippen LogP contribution in [0.1, 0.15) is 72.6 Å². The topological polar surface area (TPSA) is 9.23 Å². The van der Waals surface area contributed by atoms with Gasteiger partial charge in [0.2, 0.25) is 0 Å². The predicted octanol–water partition coefficient (Wildman–Crippen LogP) is 4.55. The minimum atomic E-state index is 0.187. The summed E-state index contributed by atoms with van der Waals surface area (Å²) in [7, 11) is 0. The maximum atomic E-state index is 6.48.